The number of carbonyl (C=O) groups is 2. The molecule has 3 aliphatic carbocycles. The quantitative estimate of drug-likeness (QED) is 0.821. The number of rotatable bonds is 4. The van der Waals surface area contributed by atoms with Crippen molar-refractivity contribution in [2.75, 3.05) is 0 Å². The van der Waals surface area contributed by atoms with Gasteiger partial charge >= 0.3 is 5.97 Å². The summed E-state index contributed by atoms with van der Waals surface area (Å²) in [5.41, 5.74) is -0.283. The molecule has 0 aromatic carbocycles. The van der Waals surface area contributed by atoms with Gasteiger partial charge in [-0.1, -0.05) is 13.8 Å². The molecular formula is C20H32O4. The highest BCUT2D eigenvalue weighted by atomic mass is 16.4. The van der Waals surface area contributed by atoms with Crippen molar-refractivity contribution in [3.63, 3.8) is 0 Å². The first kappa shape index (κ1) is 17.9. The Kier molecular flexibility index (Phi) is 4.57. The highest BCUT2D eigenvalue weighted by Gasteiger charge is 2.59. The van der Waals surface area contributed by atoms with Crippen LogP contribution in [0.15, 0.2) is 0 Å². The maximum atomic E-state index is 12.7. The minimum absolute atomic E-state index is 0.0870. The van der Waals surface area contributed by atoms with Gasteiger partial charge in [-0.15, -0.1) is 0 Å². The molecule has 3 aliphatic rings. The summed E-state index contributed by atoms with van der Waals surface area (Å²) >= 11 is 0. The Morgan fingerprint density at radius 3 is 2.54 bits per heavy atom. The summed E-state index contributed by atoms with van der Waals surface area (Å²) < 4.78 is 0. The number of aliphatic carboxylic acids is 1. The number of hydrogen-bond donors (Lipinski definition) is 2. The number of Topliss-reactive ketones (excluding diaryl/α,β-unsaturated/α-hetero) is 1. The molecule has 4 heteroatoms. The van der Waals surface area contributed by atoms with Gasteiger partial charge in [-0.3, -0.25) is 9.59 Å². The average molecular weight is 336 g/mol. The van der Waals surface area contributed by atoms with Crippen LogP contribution in [0.4, 0.5) is 0 Å². The number of hydrogen-bond acceptors (Lipinski definition) is 3. The Morgan fingerprint density at radius 1 is 1.21 bits per heavy atom. The third-order valence-corrected chi connectivity index (χ3v) is 8.11. The molecule has 0 heterocycles. The van der Waals surface area contributed by atoms with E-state index in [1.807, 2.05) is 13.8 Å². The third kappa shape index (κ3) is 2.61. The molecule has 0 radical (unpaired) electrons. The topological polar surface area (TPSA) is 74.6 Å². The molecule has 136 valence electrons. The number of carboxylic acid groups (broad SMARTS) is 1. The molecule has 3 fully saturated rings. The molecule has 0 aromatic heterocycles. The van der Waals surface area contributed by atoms with Crippen LogP contribution in [0.1, 0.15) is 72.1 Å². The molecule has 3 rings (SSSR count). The fraction of sp³-hybridized carbons (Fsp3) is 0.900. The van der Waals surface area contributed by atoms with Crippen LogP contribution >= 0.6 is 0 Å². The molecule has 0 saturated heterocycles. The van der Waals surface area contributed by atoms with Crippen LogP contribution in [0.5, 0.6) is 0 Å². The second-order valence-electron chi connectivity index (χ2n) is 9.12. The van der Waals surface area contributed by atoms with Gasteiger partial charge in [0.2, 0.25) is 0 Å². The summed E-state index contributed by atoms with van der Waals surface area (Å²) in [6.07, 6.45) is 6.16. The molecule has 7 unspecified atom stereocenters. The fourth-order valence-electron chi connectivity index (χ4n) is 6.80. The molecule has 4 nitrogen and oxygen atoms in total. The van der Waals surface area contributed by atoms with Gasteiger partial charge in [0.05, 0.1) is 6.10 Å². The number of fused-ring (bicyclic) bond motifs is 3. The molecule has 3 saturated carbocycles. The number of carboxylic acids is 1. The number of aliphatic hydroxyl groups is 1. The maximum absolute atomic E-state index is 12.7. The molecule has 0 aromatic rings. The van der Waals surface area contributed by atoms with Crippen LogP contribution in [0, 0.1) is 34.5 Å². The van der Waals surface area contributed by atoms with Crippen molar-refractivity contribution in [2.24, 2.45) is 34.5 Å². The maximum Gasteiger partial charge on any atom is 0.303 e. The first-order chi connectivity index (χ1) is 11.2. The van der Waals surface area contributed by atoms with Crippen molar-refractivity contribution in [3.8, 4) is 0 Å². The average Bonchev–Trinajstić information content (AvgIpc) is 2.86. The van der Waals surface area contributed by atoms with Crippen molar-refractivity contribution in [3.05, 3.63) is 0 Å². The van der Waals surface area contributed by atoms with E-state index in [-0.39, 0.29) is 23.7 Å². The summed E-state index contributed by atoms with van der Waals surface area (Å²) in [6, 6.07) is 0. The Labute approximate surface area is 145 Å². The van der Waals surface area contributed by atoms with Crippen molar-refractivity contribution in [1.82, 2.24) is 0 Å². The zero-order valence-electron chi connectivity index (χ0n) is 15.3. The van der Waals surface area contributed by atoms with Crippen LogP contribution in [0.3, 0.4) is 0 Å². The lowest BCUT2D eigenvalue weighted by Gasteiger charge is -2.56. The molecule has 0 spiro atoms. The highest BCUT2D eigenvalue weighted by molar-refractivity contribution is 5.86. The lowest BCUT2D eigenvalue weighted by molar-refractivity contribution is -0.149. The van der Waals surface area contributed by atoms with Gasteiger partial charge in [-0.2, -0.15) is 0 Å². The largest absolute Gasteiger partial charge is 0.481 e. The first-order valence-electron chi connectivity index (χ1n) is 9.63. The smallest absolute Gasteiger partial charge is 0.303 e. The number of ketones is 1. The van der Waals surface area contributed by atoms with Crippen molar-refractivity contribution < 1.29 is 19.8 Å². The standard InChI is InChI=1S/C20H32O4/c1-12(21)14-5-6-15-13-4-7-17(22)20(3,11-9-18(23)24)16(13)8-10-19(14,15)2/h12-16,21H,4-11H2,1-3H3,(H,23,24). The van der Waals surface area contributed by atoms with Crippen molar-refractivity contribution in [1.29, 1.82) is 0 Å². The molecule has 7 atom stereocenters. The third-order valence-electron chi connectivity index (χ3n) is 8.11. The molecule has 0 aliphatic heterocycles. The van der Waals surface area contributed by atoms with Crippen LogP contribution in [-0.2, 0) is 9.59 Å². The van der Waals surface area contributed by atoms with Crippen molar-refractivity contribution >= 4 is 11.8 Å². The molecular weight excluding hydrogens is 304 g/mol. The minimum Gasteiger partial charge on any atom is -0.481 e. The number of carbonyl (C=O) groups excluding carboxylic acids is 1. The number of aliphatic hydroxyl groups excluding tert-OH is 1. The zero-order chi connectivity index (χ0) is 17.7. The van der Waals surface area contributed by atoms with E-state index < -0.39 is 11.4 Å². The molecule has 0 bridgehead atoms. The van der Waals surface area contributed by atoms with Gasteiger partial charge in [0.1, 0.15) is 5.78 Å². The summed E-state index contributed by atoms with van der Waals surface area (Å²) in [5, 5.41) is 19.3. The SMILES string of the molecule is CC(O)C1CCC2C3CCC(=O)C(C)(CCC(=O)O)C3CCC12C. The second-order valence-corrected chi connectivity index (χ2v) is 9.12. The summed E-state index contributed by atoms with van der Waals surface area (Å²) in [6.45, 7) is 6.30. The summed E-state index contributed by atoms with van der Waals surface area (Å²) in [5.74, 6) is 1.26. The molecule has 24 heavy (non-hydrogen) atoms. The van der Waals surface area contributed by atoms with E-state index in [0.29, 0.717) is 36.5 Å². The van der Waals surface area contributed by atoms with Gasteiger partial charge in [-0.05, 0) is 74.5 Å². The lowest BCUT2D eigenvalue weighted by atomic mass is 9.48. The first-order valence-corrected chi connectivity index (χ1v) is 9.63. The predicted molar refractivity (Wildman–Crippen MR) is 91.4 cm³/mol. The Morgan fingerprint density at radius 2 is 1.92 bits per heavy atom. The van der Waals surface area contributed by atoms with Crippen LogP contribution in [-0.4, -0.2) is 28.1 Å². The Hall–Kier alpha value is -0.900. The van der Waals surface area contributed by atoms with Gasteiger partial charge in [-0.25, -0.2) is 0 Å². The van der Waals surface area contributed by atoms with Gasteiger partial charge in [0.15, 0.2) is 0 Å². The van der Waals surface area contributed by atoms with E-state index in [1.54, 1.807) is 0 Å². The van der Waals surface area contributed by atoms with Crippen LogP contribution in [0.25, 0.3) is 0 Å². The van der Waals surface area contributed by atoms with Crippen molar-refractivity contribution in [2.45, 2.75) is 78.2 Å². The lowest BCUT2D eigenvalue weighted by Crippen LogP contribution is -2.53. The highest BCUT2D eigenvalue weighted by Crippen LogP contribution is 2.65. The van der Waals surface area contributed by atoms with E-state index in [4.69, 9.17) is 5.11 Å². The van der Waals surface area contributed by atoms with E-state index >= 15 is 0 Å². The molecule has 2 N–H and O–H groups in total. The van der Waals surface area contributed by atoms with E-state index in [0.717, 1.165) is 32.1 Å². The van der Waals surface area contributed by atoms with E-state index in [2.05, 4.69) is 6.92 Å². The van der Waals surface area contributed by atoms with Crippen LogP contribution < -0.4 is 0 Å². The summed E-state index contributed by atoms with van der Waals surface area (Å²) in [4.78, 5) is 23.8. The second kappa shape index (κ2) is 6.12. The van der Waals surface area contributed by atoms with Gasteiger partial charge < -0.3 is 10.2 Å². The fourth-order valence-corrected chi connectivity index (χ4v) is 6.80. The van der Waals surface area contributed by atoms with Gasteiger partial charge in [0.25, 0.3) is 0 Å². The normalized spacial score (nSPS) is 46.2. The van der Waals surface area contributed by atoms with E-state index in [1.165, 1.54) is 0 Å². The monoisotopic (exact) mass is 336 g/mol. The van der Waals surface area contributed by atoms with Crippen LogP contribution in [0.2, 0.25) is 0 Å². The Balaban J connectivity index is 1.86. The minimum atomic E-state index is -0.804. The zero-order valence-corrected chi connectivity index (χ0v) is 15.3. The Bertz CT molecular complexity index is 528. The predicted octanol–water partition coefficient (Wildman–Crippen LogP) is 3.66. The van der Waals surface area contributed by atoms with E-state index in [9.17, 15) is 14.7 Å². The summed E-state index contributed by atoms with van der Waals surface area (Å²) in [7, 11) is 0. The molecule has 0 amide bonds. The van der Waals surface area contributed by atoms with Gasteiger partial charge in [0, 0.05) is 18.3 Å².